The van der Waals surface area contributed by atoms with Crippen molar-refractivity contribution in [1.82, 2.24) is 19.5 Å². The summed E-state index contributed by atoms with van der Waals surface area (Å²) in [4.78, 5) is 20.3. The molecule has 1 N–H and O–H groups in total. The van der Waals surface area contributed by atoms with Gasteiger partial charge in [0.2, 0.25) is 10.8 Å². The first-order valence-electron chi connectivity index (χ1n) is 9.66. The first-order valence-corrected chi connectivity index (χ1v) is 11.3. The molecule has 0 amide bonds. The number of carbonyl (C=O) groups is 1. The van der Waals surface area contributed by atoms with Crippen LogP contribution < -0.4 is 0 Å². The van der Waals surface area contributed by atoms with Crippen molar-refractivity contribution in [2.75, 3.05) is 20.2 Å². The second-order valence-corrected chi connectivity index (χ2v) is 9.08. The molecule has 7 nitrogen and oxygen atoms in total. The summed E-state index contributed by atoms with van der Waals surface area (Å²) in [7, 11) is 1.44. The maximum atomic E-state index is 11.9. The van der Waals surface area contributed by atoms with Crippen LogP contribution in [0.1, 0.15) is 42.1 Å². The molecule has 3 aromatic rings. The lowest BCUT2D eigenvalue weighted by Gasteiger charge is -2.36. The van der Waals surface area contributed by atoms with Gasteiger partial charge >= 0.3 is 5.97 Å². The van der Waals surface area contributed by atoms with E-state index in [0.29, 0.717) is 4.96 Å². The number of thiazole rings is 1. The Morgan fingerprint density at radius 3 is 2.79 bits per heavy atom. The Kier molecular flexibility index (Phi) is 5.89. The lowest BCUT2D eigenvalue weighted by molar-refractivity contribution is -0.147. The number of piperidine rings is 1. The minimum atomic E-state index is -0.141. The number of fused-ring (bicyclic) bond motifs is 1. The van der Waals surface area contributed by atoms with Crippen molar-refractivity contribution in [2.45, 2.75) is 32.2 Å². The number of methoxy groups -OCH3 is 1. The zero-order valence-corrected chi connectivity index (χ0v) is 18.7. The van der Waals surface area contributed by atoms with Crippen molar-refractivity contribution in [3.8, 4) is 5.88 Å². The van der Waals surface area contributed by atoms with Crippen LogP contribution in [0.2, 0.25) is 0 Å². The Morgan fingerprint density at radius 1 is 1.41 bits per heavy atom. The van der Waals surface area contributed by atoms with E-state index in [1.807, 2.05) is 19.1 Å². The molecule has 29 heavy (non-hydrogen) atoms. The highest BCUT2D eigenvalue weighted by Gasteiger charge is 2.34. The number of likely N-dealkylation sites (tertiary alicyclic amines) is 1. The van der Waals surface area contributed by atoms with E-state index in [1.165, 1.54) is 23.0 Å². The third-order valence-corrected chi connectivity index (χ3v) is 6.97. The van der Waals surface area contributed by atoms with Gasteiger partial charge in [-0.3, -0.25) is 9.69 Å². The van der Waals surface area contributed by atoms with Crippen LogP contribution in [-0.4, -0.2) is 50.8 Å². The number of benzene rings is 1. The number of halogens is 1. The molecule has 0 aliphatic carbocycles. The first kappa shape index (κ1) is 20.3. The fourth-order valence-electron chi connectivity index (χ4n) is 3.88. The molecule has 9 heteroatoms. The predicted molar refractivity (Wildman–Crippen MR) is 114 cm³/mol. The second kappa shape index (κ2) is 8.41. The molecule has 0 unspecified atom stereocenters. The van der Waals surface area contributed by atoms with Gasteiger partial charge in [0.1, 0.15) is 0 Å². The Hall–Kier alpha value is -1.97. The molecule has 1 aliphatic heterocycles. The zero-order chi connectivity index (χ0) is 20.5. The largest absolute Gasteiger partial charge is 0.492 e. The summed E-state index contributed by atoms with van der Waals surface area (Å²) in [6.45, 7) is 3.47. The Bertz CT molecular complexity index is 1030. The number of aryl methyl sites for hydroxylation is 1. The van der Waals surface area contributed by atoms with Gasteiger partial charge in [-0.25, -0.2) is 4.98 Å². The van der Waals surface area contributed by atoms with Gasteiger partial charge in [-0.05, 0) is 43.6 Å². The zero-order valence-electron chi connectivity index (χ0n) is 16.3. The van der Waals surface area contributed by atoms with Gasteiger partial charge in [0.15, 0.2) is 5.82 Å². The molecule has 4 rings (SSSR count). The number of rotatable bonds is 5. The predicted octanol–water partition coefficient (Wildman–Crippen LogP) is 3.80. The number of ether oxygens (including phenoxy) is 1. The highest BCUT2D eigenvalue weighted by molar-refractivity contribution is 9.10. The summed E-state index contributed by atoms with van der Waals surface area (Å²) in [5, 5.41) is 15.4. The number of carbonyl (C=O) groups excluding carboxylic acids is 1. The molecule has 1 atom stereocenters. The molecule has 0 radical (unpaired) electrons. The fraction of sp³-hybridized carbons (Fsp3) is 0.450. The summed E-state index contributed by atoms with van der Waals surface area (Å²) < 4.78 is 7.44. The van der Waals surface area contributed by atoms with Crippen LogP contribution >= 0.6 is 27.3 Å². The third-order valence-electron chi connectivity index (χ3n) is 5.40. The Morgan fingerprint density at radius 2 is 2.17 bits per heavy atom. The van der Waals surface area contributed by atoms with Crippen molar-refractivity contribution in [3.05, 3.63) is 45.0 Å². The molecule has 154 valence electrons. The van der Waals surface area contributed by atoms with E-state index >= 15 is 0 Å². The highest BCUT2D eigenvalue weighted by Crippen LogP contribution is 2.41. The van der Waals surface area contributed by atoms with E-state index in [4.69, 9.17) is 4.74 Å². The summed E-state index contributed by atoms with van der Waals surface area (Å²) in [6.07, 6.45) is 2.19. The van der Waals surface area contributed by atoms with E-state index in [1.54, 1.807) is 0 Å². The Labute approximate surface area is 181 Å². The number of hydrogen-bond acceptors (Lipinski definition) is 7. The van der Waals surface area contributed by atoms with Gasteiger partial charge in [0.25, 0.3) is 0 Å². The summed E-state index contributed by atoms with van der Waals surface area (Å²) >= 11 is 5.03. The van der Waals surface area contributed by atoms with E-state index < -0.39 is 0 Å². The van der Waals surface area contributed by atoms with Crippen LogP contribution in [0.4, 0.5) is 0 Å². The monoisotopic (exact) mass is 478 g/mol. The van der Waals surface area contributed by atoms with E-state index in [2.05, 4.69) is 43.0 Å². The fourth-order valence-corrected chi connectivity index (χ4v) is 5.44. The van der Waals surface area contributed by atoms with Gasteiger partial charge in [-0.2, -0.15) is 4.52 Å². The number of esters is 1. The molecule has 3 heterocycles. The normalized spacial score (nSPS) is 16.9. The smallest absolute Gasteiger partial charge is 0.308 e. The maximum Gasteiger partial charge on any atom is 0.308 e. The summed E-state index contributed by atoms with van der Waals surface area (Å²) in [6, 6.07) is 7.99. The third kappa shape index (κ3) is 3.91. The lowest BCUT2D eigenvalue weighted by atomic mass is 9.94. The first-order chi connectivity index (χ1) is 14.0. The van der Waals surface area contributed by atoms with Crippen LogP contribution in [0.3, 0.4) is 0 Å². The highest BCUT2D eigenvalue weighted by atomic mass is 79.9. The second-order valence-electron chi connectivity index (χ2n) is 7.16. The van der Waals surface area contributed by atoms with Gasteiger partial charge in [0.05, 0.1) is 23.9 Å². The van der Waals surface area contributed by atoms with Gasteiger partial charge in [-0.15, -0.1) is 5.10 Å². The van der Waals surface area contributed by atoms with Crippen LogP contribution in [0.5, 0.6) is 5.88 Å². The minimum absolute atomic E-state index is 0.0672. The van der Waals surface area contributed by atoms with E-state index in [-0.39, 0.29) is 23.8 Å². The van der Waals surface area contributed by atoms with Crippen LogP contribution in [0, 0.1) is 5.92 Å². The molecule has 1 saturated heterocycles. The molecule has 1 aliphatic rings. The van der Waals surface area contributed by atoms with E-state index in [0.717, 1.165) is 53.1 Å². The number of hydrogen-bond donors (Lipinski definition) is 1. The van der Waals surface area contributed by atoms with Crippen molar-refractivity contribution in [1.29, 1.82) is 0 Å². The van der Waals surface area contributed by atoms with Crippen LogP contribution in [-0.2, 0) is 16.0 Å². The van der Waals surface area contributed by atoms with Crippen molar-refractivity contribution in [2.24, 2.45) is 5.92 Å². The number of nitrogens with zero attached hydrogens (tertiary/aromatic N) is 4. The maximum absolute atomic E-state index is 11.9. The van der Waals surface area contributed by atoms with E-state index in [9.17, 15) is 9.90 Å². The molecule has 0 saturated carbocycles. The van der Waals surface area contributed by atoms with Crippen LogP contribution in [0.15, 0.2) is 28.7 Å². The summed E-state index contributed by atoms with van der Waals surface area (Å²) in [5.41, 5.74) is 1.08. The molecule has 1 aromatic carbocycles. The van der Waals surface area contributed by atoms with Gasteiger partial charge in [-0.1, -0.05) is 46.3 Å². The number of aromatic nitrogens is 3. The van der Waals surface area contributed by atoms with Crippen molar-refractivity contribution < 1.29 is 14.6 Å². The standard InChI is InChI=1S/C20H23BrN4O3S/c1-3-15-22-20-25(23-15)18(26)17(29-20)16(13-5-4-6-14(21)11-13)24-9-7-12(8-10-24)19(27)28-2/h4-6,11-12,16,26H,3,7-10H2,1-2H3/t16-/m0/s1. The van der Waals surface area contributed by atoms with Crippen molar-refractivity contribution in [3.63, 3.8) is 0 Å². The molecule has 0 bridgehead atoms. The molecular weight excluding hydrogens is 456 g/mol. The molecule has 2 aromatic heterocycles. The summed E-state index contributed by atoms with van der Waals surface area (Å²) in [5.74, 6) is 0.646. The SMILES string of the molecule is CCc1nc2sc([C@H](c3cccc(Br)c3)N3CCC(C(=O)OC)CC3)c(O)n2n1. The topological polar surface area (TPSA) is 80.0 Å². The number of aromatic hydroxyl groups is 1. The average molecular weight is 479 g/mol. The molecule has 0 spiro atoms. The minimum Gasteiger partial charge on any atom is -0.492 e. The van der Waals surface area contributed by atoms with Gasteiger partial charge < -0.3 is 9.84 Å². The van der Waals surface area contributed by atoms with Crippen LogP contribution in [0.25, 0.3) is 4.96 Å². The van der Waals surface area contributed by atoms with Gasteiger partial charge in [0, 0.05) is 10.9 Å². The average Bonchev–Trinajstić information content (AvgIpc) is 3.27. The molecular formula is C20H23BrN4O3S. The quantitative estimate of drug-likeness (QED) is 0.561. The van der Waals surface area contributed by atoms with Crippen molar-refractivity contribution >= 4 is 38.2 Å². The molecule has 1 fully saturated rings. The Balaban J connectivity index is 1.71. The lowest BCUT2D eigenvalue weighted by Crippen LogP contribution is -2.39.